The van der Waals surface area contributed by atoms with Crippen molar-refractivity contribution in [3.05, 3.63) is 70.2 Å². The summed E-state index contributed by atoms with van der Waals surface area (Å²) in [5, 5.41) is 5.81. The fourth-order valence-electron chi connectivity index (χ4n) is 2.12. The Bertz CT molecular complexity index is 704. The van der Waals surface area contributed by atoms with Gasteiger partial charge in [-0.15, -0.1) is 0 Å². The fraction of sp³-hybridized carbons (Fsp3) is 0.235. The molecule has 128 valence electrons. The molecule has 0 heterocycles. The lowest BCUT2D eigenvalue weighted by atomic mass is 10.1. The Balaban J connectivity index is 1.77. The summed E-state index contributed by atoms with van der Waals surface area (Å²) in [7, 11) is 0. The predicted molar refractivity (Wildman–Crippen MR) is 86.8 cm³/mol. The number of urea groups is 1. The van der Waals surface area contributed by atoms with E-state index in [9.17, 15) is 18.0 Å². The van der Waals surface area contributed by atoms with E-state index in [1.165, 1.54) is 12.1 Å². The average molecular weight is 357 g/mol. The molecule has 7 heteroatoms. The third kappa shape index (κ3) is 5.77. The number of alkyl halides is 3. The molecular weight excluding hydrogens is 341 g/mol. The highest BCUT2D eigenvalue weighted by Gasteiger charge is 2.30. The topological polar surface area (TPSA) is 41.1 Å². The largest absolute Gasteiger partial charge is 0.416 e. The van der Waals surface area contributed by atoms with Crippen LogP contribution in [0.4, 0.5) is 18.0 Å². The third-order valence-corrected chi connectivity index (χ3v) is 3.53. The normalized spacial score (nSPS) is 11.2. The van der Waals surface area contributed by atoms with Crippen LogP contribution in [0.5, 0.6) is 0 Å². The number of nitrogens with one attached hydrogen (secondary N) is 2. The maximum Gasteiger partial charge on any atom is 0.416 e. The van der Waals surface area contributed by atoms with Crippen LogP contribution in [0.2, 0.25) is 5.02 Å². The van der Waals surface area contributed by atoms with Crippen LogP contribution in [-0.4, -0.2) is 12.6 Å². The SMILES string of the molecule is O=C(NCCc1cccc(Cl)c1)NCc1cccc(C(F)(F)F)c1. The number of carbonyl (C=O) groups is 1. The maximum atomic E-state index is 12.6. The van der Waals surface area contributed by atoms with Gasteiger partial charge in [0.15, 0.2) is 0 Å². The van der Waals surface area contributed by atoms with Crippen molar-refractivity contribution in [1.82, 2.24) is 10.6 Å². The minimum absolute atomic E-state index is 0.0208. The van der Waals surface area contributed by atoms with Crippen molar-refractivity contribution in [2.24, 2.45) is 0 Å². The summed E-state index contributed by atoms with van der Waals surface area (Å²) in [5.74, 6) is 0. The van der Waals surface area contributed by atoms with E-state index in [1.807, 2.05) is 18.2 Å². The van der Waals surface area contributed by atoms with Gasteiger partial charge in [0.25, 0.3) is 0 Å². The van der Waals surface area contributed by atoms with Crippen LogP contribution >= 0.6 is 11.6 Å². The van der Waals surface area contributed by atoms with Crippen LogP contribution in [0, 0.1) is 0 Å². The molecule has 2 rings (SSSR count). The zero-order valence-corrected chi connectivity index (χ0v) is 13.4. The summed E-state index contributed by atoms with van der Waals surface area (Å²) in [6.45, 7) is 0.418. The number of rotatable bonds is 5. The van der Waals surface area contributed by atoms with E-state index in [4.69, 9.17) is 11.6 Å². The van der Waals surface area contributed by atoms with Gasteiger partial charge in [-0.05, 0) is 41.8 Å². The van der Waals surface area contributed by atoms with E-state index in [0.717, 1.165) is 17.7 Å². The van der Waals surface area contributed by atoms with Gasteiger partial charge in [0.2, 0.25) is 0 Å². The molecule has 0 saturated heterocycles. The van der Waals surface area contributed by atoms with Gasteiger partial charge >= 0.3 is 12.2 Å². The highest BCUT2D eigenvalue weighted by atomic mass is 35.5. The van der Waals surface area contributed by atoms with Crippen LogP contribution in [0.25, 0.3) is 0 Å². The third-order valence-electron chi connectivity index (χ3n) is 3.30. The highest BCUT2D eigenvalue weighted by molar-refractivity contribution is 6.30. The summed E-state index contributed by atoms with van der Waals surface area (Å²) in [4.78, 5) is 11.7. The van der Waals surface area contributed by atoms with E-state index in [0.29, 0.717) is 23.6 Å². The van der Waals surface area contributed by atoms with Gasteiger partial charge in [0.1, 0.15) is 0 Å². The molecule has 0 aliphatic heterocycles. The number of amides is 2. The first-order chi connectivity index (χ1) is 11.3. The fourth-order valence-corrected chi connectivity index (χ4v) is 2.33. The molecule has 0 unspecified atom stereocenters. The molecule has 0 saturated carbocycles. The second-order valence-electron chi connectivity index (χ2n) is 5.19. The van der Waals surface area contributed by atoms with Crippen LogP contribution in [0.15, 0.2) is 48.5 Å². The monoisotopic (exact) mass is 356 g/mol. The molecule has 2 amide bonds. The van der Waals surface area contributed by atoms with E-state index in [-0.39, 0.29) is 6.54 Å². The number of hydrogen-bond donors (Lipinski definition) is 2. The number of hydrogen-bond acceptors (Lipinski definition) is 1. The summed E-state index contributed by atoms with van der Waals surface area (Å²) in [6.07, 6.45) is -3.78. The van der Waals surface area contributed by atoms with Crippen LogP contribution in [-0.2, 0) is 19.1 Å². The van der Waals surface area contributed by atoms with Crippen LogP contribution < -0.4 is 10.6 Å². The Morgan fingerprint density at radius 1 is 1.00 bits per heavy atom. The lowest BCUT2D eigenvalue weighted by Gasteiger charge is -2.10. The van der Waals surface area contributed by atoms with E-state index in [2.05, 4.69) is 10.6 Å². The first-order valence-corrected chi connectivity index (χ1v) is 7.64. The van der Waals surface area contributed by atoms with Gasteiger partial charge in [-0.25, -0.2) is 4.79 Å². The standard InChI is InChI=1S/C17H16ClF3N2O/c18-15-6-2-3-12(10-15)7-8-22-16(24)23-11-13-4-1-5-14(9-13)17(19,20)21/h1-6,9-10H,7-8,11H2,(H2,22,23,24). The number of benzene rings is 2. The van der Waals surface area contributed by atoms with Gasteiger partial charge in [-0.3, -0.25) is 0 Å². The maximum absolute atomic E-state index is 12.6. The first kappa shape index (κ1) is 18.1. The first-order valence-electron chi connectivity index (χ1n) is 7.27. The van der Waals surface area contributed by atoms with E-state index >= 15 is 0 Å². The Hall–Kier alpha value is -2.21. The molecule has 24 heavy (non-hydrogen) atoms. The van der Waals surface area contributed by atoms with Crippen molar-refractivity contribution >= 4 is 17.6 Å². The highest BCUT2D eigenvalue weighted by Crippen LogP contribution is 2.29. The molecule has 0 aromatic heterocycles. The Labute approximate surface area is 142 Å². The molecule has 0 bridgehead atoms. The molecule has 0 radical (unpaired) electrons. The Morgan fingerprint density at radius 3 is 2.42 bits per heavy atom. The van der Waals surface area contributed by atoms with Gasteiger partial charge in [-0.1, -0.05) is 35.9 Å². The zero-order chi connectivity index (χ0) is 17.6. The summed E-state index contributed by atoms with van der Waals surface area (Å²) in [6, 6.07) is 11.7. The quantitative estimate of drug-likeness (QED) is 0.819. The van der Waals surface area contributed by atoms with Gasteiger partial charge in [0, 0.05) is 18.1 Å². The summed E-state index contributed by atoms with van der Waals surface area (Å²) < 4.78 is 37.8. The lowest BCUT2D eigenvalue weighted by molar-refractivity contribution is -0.137. The molecule has 0 aliphatic carbocycles. The van der Waals surface area contributed by atoms with Gasteiger partial charge in [-0.2, -0.15) is 13.2 Å². The van der Waals surface area contributed by atoms with Gasteiger partial charge < -0.3 is 10.6 Å². The predicted octanol–water partition coefficient (Wildman–Crippen LogP) is 4.40. The zero-order valence-electron chi connectivity index (χ0n) is 12.7. The molecule has 2 aromatic carbocycles. The van der Waals surface area contributed by atoms with Crippen molar-refractivity contribution in [2.75, 3.05) is 6.54 Å². The Kier molecular flexibility index (Phi) is 6.09. The lowest BCUT2D eigenvalue weighted by Crippen LogP contribution is -2.36. The smallest absolute Gasteiger partial charge is 0.338 e. The molecule has 0 fully saturated rings. The van der Waals surface area contributed by atoms with Crippen LogP contribution in [0.3, 0.4) is 0 Å². The second kappa shape index (κ2) is 8.06. The molecule has 0 aliphatic rings. The van der Waals surface area contributed by atoms with Crippen LogP contribution in [0.1, 0.15) is 16.7 Å². The summed E-state index contributed by atoms with van der Waals surface area (Å²) >= 11 is 5.87. The average Bonchev–Trinajstić information content (AvgIpc) is 2.52. The van der Waals surface area contributed by atoms with Gasteiger partial charge in [0.05, 0.1) is 5.56 Å². The van der Waals surface area contributed by atoms with Crippen molar-refractivity contribution in [1.29, 1.82) is 0 Å². The molecule has 0 spiro atoms. The number of carbonyl (C=O) groups excluding carboxylic acids is 1. The van der Waals surface area contributed by atoms with Crippen molar-refractivity contribution in [3.8, 4) is 0 Å². The van der Waals surface area contributed by atoms with Crippen molar-refractivity contribution < 1.29 is 18.0 Å². The van der Waals surface area contributed by atoms with E-state index in [1.54, 1.807) is 6.07 Å². The molecule has 0 atom stereocenters. The number of halogens is 4. The molecule has 2 N–H and O–H groups in total. The molecular formula is C17H16ClF3N2O. The minimum atomic E-state index is -4.39. The second-order valence-corrected chi connectivity index (χ2v) is 5.62. The summed E-state index contributed by atoms with van der Waals surface area (Å²) in [5.41, 5.74) is 0.638. The Morgan fingerprint density at radius 2 is 1.71 bits per heavy atom. The van der Waals surface area contributed by atoms with E-state index < -0.39 is 17.8 Å². The molecule has 2 aromatic rings. The van der Waals surface area contributed by atoms with Crippen molar-refractivity contribution in [3.63, 3.8) is 0 Å². The molecule has 3 nitrogen and oxygen atoms in total. The van der Waals surface area contributed by atoms with Crippen molar-refractivity contribution in [2.45, 2.75) is 19.1 Å². The minimum Gasteiger partial charge on any atom is -0.338 e.